The van der Waals surface area contributed by atoms with E-state index in [4.69, 9.17) is 17.3 Å². The molecule has 0 aliphatic heterocycles. The Hall–Kier alpha value is -2.67. The Labute approximate surface area is 137 Å². The number of nitrogens with two attached hydrogens (primary N) is 1. The first-order valence-electron chi connectivity index (χ1n) is 7.01. The summed E-state index contributed by atoms with van der Waals surface area (Å²) in [6.07, 6.45) is 4.65. The Bertz CT molecular complexity index is 889. The molecular formula is C15H15ClN6O. The van der Waals surface area contributed by atoms with Crippen LogP contribution < -0.4 is 11.1 Å². The van der Waals surface area contributed by atoms with Crippen molar-refractivity contribution >= 4 is 28.8 Å². The van der Waals surface area contributed by atoms with Crippen molar-refractivity contribution in [2.75, 3.05) is 5.32 Å². The van der Waals surface area contributed by atoms with Gasteiger partial charge in [-0.25, -0.2) is 9.50 Å². The molecule has 3 N–H and O–H groups in total. The molecule has 3 aromatic rings. The van der Waals surface area contributed by atoms with Crippen molar-refractivity contribution in [1.29, 1.82) is 0 Å². The summed E-state index contributed by atoms with van der Waals surface area (Å²) in [5, 5.41) is 7.95. The van der Waals surface area contributed by atoms with Crippen molar-refractivity contribution in [2.24, 2.45) is 5.73 Å². The number of nitrogens with zero attached hydrogens (tertiary/aromatic N) is 4. The predicted octanol–water partition coefficient (Wildman–Crippen LogP) is 2.36. The van der Waals surface area contributed by atoms with Crippen LogP contribution in [0.25, 0.3) is 17.0 Å². The van der Waals surface area contributed by atoms with Gasteiger partial charge in [0.15, 0.2) is 5.65 Å². The third-order valence-electron chi connectivity index (χ3n) is 3.20. The highest BCUT2D eigenvalue weighted by Crippen LogP contribution is 2.24. The molecule has 0 saturated carbocycles. The molecule has 3 aromatic heterocycles. The number of nitrogens with one attached hydrogen (secondary N) is 1. The lowest BCUT2D eigenvalue weighted by Crippen LogP contribution is -2.18. The number of hydrogen-bond acceptors (Lipinski definition) is 5. The standard InChI is InChI=1S/C15H15ClN6O/c1-8(2)21-11-4-12(18-6-10(11)15(17)23)13-7-19-14-3-9(16)5-20-22(13)14/h3-8H,1-2H3,(H2,17,23)(H,18,21). The molecule has 0 aliphatic rings. The van der Waals surface area contributed by atoms with Gasteiger partial charge in [-0.05, 0) is 19.9 Å². The number of primary amides is 1. The third-order valence-corrected chi connectivity index (χ3v) is 3.41. The minimum atomic E-state index is -0.532. The van der Waals surface area contributed by atoms with Crippen molar-refractivity contribution in [2.45, 2.75) is 19.9 Å². The van der Waals surface area contributed by atoms with Gasteiger partial charge in [0.2, 0.25) is 0 Å². The van der Waals surface area contributed by atoms with E-state index in [0.29, 0.717) is 33.3 Å². The summed E-state index contributed by atoms with van der Waals surface area (Å²) in [5.41, 5.74) is 8.31. The Kier molecular flexibility index (Phi) is 3.87. The molecule has 0 atom stereocenters. The molecule has 1 amide bonds. The number of carbonyl (C=O) groups is 1. The van der Waals surface area contributed by atoms with Crippen LogP contribution in [0.3, 0.4) is 0 Å². The summed E-state index contributed by atoms with van der Waals surface area (Å²) in [6, 6.07) is 3.62. The van der Waals surface area contributed by atoms with E-state index in [0.717, 1.165) is 0 Å². The Morgan fingerprint density at radius 2 is 2.04 bits per heavy atom. The van der Waals surface area contributed by atoms with E-state index in [9.17, 15) is 4.79 Å². The van der Waals surface area contributed by atoms with Crippen LogP contribution >= 0.6 is 11.6 Å². The molecule has 23 heavy (non-hydrogen) atoms. The minimum absolute atomic E-state index is 0.141. The van der Waals surface area contributed by atoms with Crippen LogP contribution in [0.4, 0.5) is 5.69 Å². The second kappa shape index (κ2) is 5.85. The number of imidazole rings is 1. The van der Waals surface area contributed by atoms with Gasteiger partial charge in [-0.15, -0.1) is 0 Å². The lowest BCUT2D eigenvalue weighted by Gasteiger charge is -2.14. The van der Waals surface area contributed by atoms with Crippen molar-refractivity contribution < 1.29 is 4.79 Å². The minimum Gasteiger partial charge on any atom is -0.382 e. The zero-order valence-electron chi connectivity index (χ0n) is 12.6. The number of hydrogen-bond donors (Lipinski definition) is 2. The molecule has 0 aromatic carbocycles. The molecule has 8 heteroatoms. The largest absolute Gasteiger partial charge is 0.382 e. The molecule has 3 rings (SSSR count). The summed E-state index contributed by atoms with van der Waals surface area (Å²) >= 11 is 5.92. The van der Waals surface area contributed by atoms with Gasteiger partial charge in [-0.3, -0.25) is 9.78 Å². The van der Waals surface area contributed by atoms with E-state index in [1.807, 2.05) is 13.8 Å². The molecule has 118 valence electrons. The molecular weight excluding hydrogens is 316 g/mol. The van der Waals surface area contributed by atoms with Gasteiger partial charge in [0.1, 0.15) is 5.69 Å². The predicted molar refractivity (Wildman–Crippen MR) is 88.5 cm³/mol. The normalized spacial score (nSPS) is 11.1. The van der Waals surface area contributed by atoms with Gasteiger partial charge in [0.25, 0.3) is 5.91 Å². The number of amides is 1. The number of halogens is 1. The third kappa shape index (κ3) is 2.95. The lowest BCUT2D eigenvalue weighted by atomic mass is 10.1. The molecule has 0 saturated heterocycles. The maximum absolute atomic E-state index is 11.5. The highest BCUT2D eigenvalue weighted by molar-refractivity contribution is 6.30. The average molecular weight is 331 g/mol. The first-order valence-corrected chi connectivity index (χ1v) is 7.39. The Balaban J connectivity index is 2.13. The first kappa shape index (κ1) is 15.2. The number of anilines is 1. The quantitative estimate of drug-likeness (QED) is 0.765. The first-order chi connectivity index (χ1) is 11.0. The van der Waals surface area contributed by atoms with Crippen molar-refractivity contribution in [3.05, 3.63) is 41.3 Å². The van der Waals surface area contributed by atoms with Gasteiger partial charge in [-0.2, -0.15) is 5.10 Å². The molecule has 0 radical (unpaired) electrons. The molecule has 3 heterocycles. The van der Waals surface area contributed by atoms with E-state index in [-0.39, 0.29) is 6.04 Å². The fourth-order valence-corrected chi connectivity index (χ4v) is 2.39. The maximum Gasteiger partial charge on any atom is 0.252 e. The van der Waals surface area contributed by atoms with Crippen LogP contribution in [0.15, 0.2) is 30.7 Å². The Morgan fingerprint density at radius 1 is 1.26 bits per heavy atom. The molecule has 0 unspecified atom stereocenters. The van der Waals surface area contributed by atoms with Gasteiger partial charge >= 0.3 is 0 Å². The second-order valence-electron chi connectivity index (χ2n) is 5.37. The zero-order valence-corrected chi connectivity index (χ0v) is 13.4. The molecule has 7 nitrogen and oxygen atoms in total. The van der Waals surface area contributed by atoms with Crippen molar-refractivity contribution in [3.63, 3.8) is 0 Å². The fraction of sp³-hybridized carbons (Fsp3) is 0.200. The van der Waals surface area contributed by atoms with E-state index in [2.05, 4.69) is 20.4 Å². The van der Waals surface area contributed by atoms with Crippen LogP contribution in [-0.4, -0.2) is 31.5 Å². The summed E-state index contributed by atoms with van der Waals surface area (Å²) in [5.74, 6) is -0.532. The van der Waals surface area contributed by atoms with Gasteiger partial charge in [-0.1, -0.05) is 11.6 Å². The van der Waals surface area contributed by atoms with Crippen LogP contribution in [-0.2, 0) is 0 Å². The summed E-state index contributed by atoms with van der Waals surface area (Å²) < 4.78 is 1.64. The van der Waals surface area contributed by atoms with Crippen LogP contribution in [0, 0.1) is 0 Å². The number of fused-ring (bicyclic) bond motifs is 1. The summed E-state index contributed by atoms with van der Waals surface area (Å²) in [7, 11) is 0. The summed E-state index contributed by atoms with van der Waals surface area (Å²) in [4.78, 5) is 20.1. The van der Waals surface area contributed by atoms with Gasteiger partial charge in [0, 0.05) is 18.3 Å². The van der Waals surface area contributed by atoms with E-state index < -0.39 is 5.91 Å². The summed E-state index contributed by atoms with van der Waals surface area (Å²) in [6.45, 7) is 3.95. The lowest BCUT2D eigenvalue weighted by molar-refractivity contribution is 0.100. The molecule has 0 spiro atoms. The van der Waals surface area contributed by atoms with Gasteiger partial charge in [0.05, 0.1) is 34.4 Å². The Morgan fingerprint density at radius 3 is 2.74 bits per heavy atom. The number of pyridine rings is 1. The highest BCUT2D eigenvalue weighted by atomic mass is 35.5. The average Bonchev–Trinajstić information content (AvgIpc) is 2.89. The molecule has 0 bridgehead atoms. The van der Waals surface area contributed by atoms with Crippen LogP contribution in [0.5, 0.6) is 0 Å². The zero-order chi connectivity index (χ0) is 16.6. The number of aromatic nitrogens is 4. The number of carbonyl (C=O) groups excluding carboxylic acids is 1. The van der Waals surface area contributed by atoms with E-state index >= 15 is 0 Å². The molecule has 0 aliphatic carbocycles. The topological polar surface area (TPSA) is 98.2 Å². The smallest absolute Gasteiger partial charge is 0.252 e. The number of rotatable bonds is 4. The van der Waals surface area contributed by atoms with Crippen LogP contribution in [0.2, 0.25) is 5.02 Å². The van der Waals surface area contributed by atoms with Gasteiger partial charge < -0.3 is 11.1 Å². The monoisotopic (exact) mass is 330 g/mol. The van der Waals surface area contributed by atoms with Crippen molar-refractivity contribution in [1.82, 2.24) is 19.6 Å². The maximum atomic E-state index is 11.5. The SMILES string of the molecule is CC(C)Nc1cc(-c2cnc3cc(Cl)cnn23)ncc1C(N)=O. The van der Waals surface area contributed by atoms with E-state index in [1.54, 1.807) is 22.8 Å². The van der Waals surface area contributed by atoms with E-state index in [1.165, 1.54) is 12.4 Å². The van der Waals surface area contributed by atoms with Crippen molar-refractivity contribution in [3.8, 4) is 11.4 Å². The second-order valence-corrected chi connectivity index (χ2v) is 5.80. The molecule has 0 fully saturated rings. The highest BCUT2D eigenvalue weighted by Gasteiger charge is 2.15. The van der Waals surface area contributed by atoms with Crippen LogP contribution in [0.1, 0.15) is 24.2 Å². The fourth-order valence-electron chi connectivity index (χ4n) is 2.25.